The average molecular weight is 439 g/mol. The van der Waals surface area contributed by atoms with Crippen LogP contribution >= 0.6 is 35.4 Å². The molecule has 0 bridgehead atoms. The van der Waals surface area contributed by atoms with Crippen LogP contribution in [0.15, 0.2) is 36.4 Å². The maximum atomic E-state index is 6.49. The van der Waals surface area contributed by atoms with Crippen LogP contribution in [0.5, 0.6) is 11.5 Å². The van der Waals surface area contributed by atoms with E-state index >= 15 is 0 Å². The van der Waals surface area contributed by atoms with E-state index in [0.717, 1.165) is 17.0 Å². The largest absolute Gasteiger partial charge is 0.490 e. The molecule has 0 saturated heterocycles. The highest BCUT2D eigenvalue weighted by molar-refractivity contribution is 7.71. The summed E-state index contributed by atoms with van der Waals surface area (Å²) in [5.41, 5.74) is 5.07. The number of hydrogen-bond donors (Lipinski definition) is 2. The minimum Gasteiger partial charge on any atom is -0.490 e. The summed E-state index contributed by atoms with van der Waals surface area (Å²) < 4.78 is 13.9. The molecular formula is C19H20Cl2N4O2S. The molecule has 0 radical (unpaired) electrons. The van der Waals surface area contributed by atoms with Gasteiger partial charge in [0.1, 0.15) is 12.4 Å². The van der Waals surface area contributed by atoms with E-state index in [0.29, 0.717) is 46.1 Å². The Morgan fingerprint density at radius 2 is 2.00 bits per heavy atom. The van der Waals surface area contributed by atoms with E-state index in [1.165, 1.54) is 0 Å². The normalized spacial score (nSPS) is 10.7. The molecule has 0 unspecified atom stereocenters. The molecule has 0 fully saturated rings. The van der Waals surface area contributed by atoms with Crippen molar-refractivity contribution >= 4 is 35.4 Å². The quantitative estimate of drug-likeness (QED) is 0.468. The second-order valence-corrected chi connectivity index (χ2v) is 7.23. The molecule has 0 aliphatic carbocycles. The van der Waals surface area contributed by atoms with Crippen molar-refractivity contribution in [3.05, 3.63) is 68.2 Å². The van der Waals surface area contributed by atoms with Gasteiger partial charge in [-0.25, -0.2) is 4.68 Å². The summed E-state index contributed by atoms with van der Waals surface area (Å²) in [5, 5.41) is 7.93. The van der Waals surface area contributed by atoms with Crippen LogP contribution in [-0.2, 0) is 13.2 Å². The Labute approximate surface area is 178 Å². The third-order valence-electron chi connectivity index (χ3n) is 3.92. The molecule has 3 aromatic rings. The van der Waals surface area contributed by atoms with Gasteiger partial charge in [0.15, 0.2) is 11.5 Å². The van der Waals surface area contributed by atoms with Crippen molar-refractivity contribution in [2.45, 2.75) is 27.0 Å². The average Bonchev–Trinajstić information content (AvgIpc) is 2.97. The molecule has 1 heterocycles. The predicted octanol–water partition coefficient (Wildman–Crippen LogP) is 5.28. The molecular weight excluding hydrogens is 419 g/mol. The number of benzene rings is 2. The summed E-state index contributed by atoms with van der Waals surface area (Å²) in [6.07, 6.45) is 0. The maximum Gasteiger partial charge on any atom is 0.214 e. The first kappa shape index (κ1) is 20.5. The molecule has 0 amide bonds. The van der Waals surface area contributed by atoms with Crippen LogP contribution in [0.4, 0.5) is 0 Å². The molecule has 0 spiro atoms. The number of aromatic nitrogens is 3. The lowest BCUT2D eigenvalue weighted by Crippen LogP contribution is -2.16. The van der Waals surface area contributed by atoms with Crippen LogP contribution in [0.3, 0.4) is 0 Å². The van der Waals surface area contributed by atoms with Crippen molar-refractivity contribution in [2.24, 2.45) is 0 Å². The fourth-order valence-corrected chi connectivity index (χ4v) is 3.38. The topological polar surface area (TPSA) is 64.1 Å². The molecule has 1 aromatic heterocycles. The van der Waals surface area contributed by atoms with Gasteiger partial charge in [-0.1, -0.05) is 35.3 Å². The number of hydrogen-bond acceptors (Lipinski definition) is 5. The summed E-state index contributed by atoms with van der Waals surface area (Å²) in [5.74, 6) is 1.83. The van der Waals surface area contributed by atoms with E-state index in [4.69, 9.17) is 44.9 Å². The highest BCUT2D eigenvalue weighted by Gasteiger charge is 2.13. The summed E-state index contributed by atoms with van der Waals surface area (Å²) in [7, 11) is 0. The van der Waals surface area contributed by atoms with Gasteiger partial charge < -0.3 is 14.9 Å². The molecule has 0 aliphatic heterocycles. The Bertz CT molecular complexity index is 1020. The highest BCUT2D eigenvalue weighted by Crippen LogP contribution is 2.37. The second kappa shape index (κ2) is 9.32. The Morgan fingerprint density at radius 3 is 2.68 bits per heavy atom. The number of halogens is 2. The minimum absolute atomic E-state index is 0.335. The van der Waals surface area contributed by atoms with Crippen molar-refractivity contribution < 1.29 is 9.47 Å². The fraction of sp³-hybridized carbons (Fsp3) is 0.263. The number of nitrogens with one attached hydrogen (secondary N) is 2. The molecule has 148 valence electrons. The van der Waals surface area contributed by atoms with Crippen molar-refractivity contribution in [2.75, 3.05) is 12.0 Å². The van der Waals surface area contributed by atoms with E-state index < -0.39 is 0 Å². The number of rotatable bonds is 8. The van der Waals surface area contributed by atoms with Gasteiger partial charge in [0, 0.05) is 5.02 Å². The summed E-state index contributed by atoms with van der Waals surface area (Å²) in [6, 6.07) is 11.2. The second-order valence-electron chi connectivity index (χ2n) is 6.00. The van der Waals surface area contributed by atoms with Crippen LogP contribution in [0.1, 0.15) is 23.9 Å². The lowest BCUT2D eigenvalue weighted by atomic mass is 10.2. The number of nitrogens with zero attached hydrogens (tertiary/aromatic N) is 2. The Kier molecular flexibility index (Phi) is 6.83. The fourth-order valence-electron chi connectivity index (χ4n) is 2.64. The first-order chi connectivity index (χ1) is 13.5. The van der Waals surface area contributed by atoms with Crippen molar-refractivity contribution in [1.29, 1.82) is 0 Å². The molecule has 6 nitrogen and oxygen atoms in total. The van der Waals surface area contributed by atoms with Gasteiger partial charge in [-0.05, 0) is 61.5 Å². The molecule has 2 N–H and O–H groups in total. The molecule has 28 heavy (non-hydrogen) atoms. The van der Waals surface area contributed by atoms with Crippen LogP contribution < -0.4 is 14.9 Å². The predicted molar refractivity (Wildman–Crippen MR) is 114 cm³/mol. The van der Waals surface area contributed by atoms with E-state index in [9.17, 15) is 0 Å². The van der Waals surface area contributed by atoms with Crippen molar-refractivity contribution in [1.82, 2.24) is 14.9 Å². The van der Waals surface area contributed by atoms with Crippen LogP contribution in [-0.4, -0.2) is 21.5 Å². The van der Waals surface area contributed by atoms with Gasteiger partial charge in [-0.2, -0.15) is 5.10 Å². The van der Waals surface area contributed by atoms with Crippen molar-refractivity contribution in [3.8, 4) is 11.5 Å². The molecule has 3 rings (SSSR count). The maximum absolute atomic E-state index is 6.49. The zero-order valence-corrected chi connectivity index (χ0v) is 17.8. The zero-order valence-electron chi connectivity index (χ0n) is 15.5. The lowest BCUT2D eigenvalue weighted by molar-refractivity contribution is 0.269. The molecule has 0 atom stereocenters. The molecule has 9 heteroatoms. The first-order valence-electron chi connectivity index (χ1n) is 8.68. The Hall–Kier alpha value is -2.22. The number of H-pyrrole nitrogens is 1. The molecule has 0 aliphatic rings. The highest BCUT2D eigenvalue weighted by atomic mass is 35.5. The van der Waals surface area contributed by atoms with E-state index in [1.54, 1.807) is 4.68 Å². The molecule has 0 saturated carbocycles. The third kappa shape index (κ3) is 4.98. The van der Waals surface area contributed by atoms with Gasteiger partial charge in [0.2, 0.25) is 4.77 Å². The van der Waals surface area contributed by atoms with Crippen molar-refractivity contribution in [3.63, 3.8) is 0 Å². The Morgan fingerprint density at radius 1 is 1.18 bits per heavy atom. The van der Waals surface area contributed by atoms with Crippen LogP contribution in [0.25, 0.3) is 0 Å². The van der Waals surface area contributed by atoms with Gasteiger partial charge >= 0.3 is 0 Å². The van der Waals surface area contributed by atoms with E-state index in [2.05, 4.69) is 15.6 Å². The lowest BCUT2D eigenvalue weighted by Gasteiger charge is -2.16. The summed E-state index contributed by atoms with van der Waals surface area (Å²) in [4.78, 5) is 0. The van der Waals surface area contributed by atoms with E-state index in [-0.39, 0.29) is 0 Å². The summed E-state index contributed by atoms with van der Waals surface area (Å²) >= 11 is 17.7. The van der Waals surface area contributed by atoms with Gasteiger partial charge in [-0.3, -0.25) is 5.10 Å². The zero-order chi connectivity index (χ0) is 20.1. The SMILES string of the molecule is CCOc1cc(CNn2c(C)n[nH]c2=S)cc(Cl)c1OCc1cccc(Cl)c1. The van der Waals surface area contributed by atoms with Gasteiger partial charge in [0.25, 0.3) is 0 Å². The summed E-state index contributed by atoms with van der Waals surface area (Å²) in [6.45, 7) is 5.08. The minimum atomic E-state index is 0.335. The van der Waals surface area contributed by atoms with Crippen LogP contribution in [0.2, 0.25) is 10.0 Å². The monoisotopic (exact) mass is 438 g/mol. The third-order valence-corrected chi connectivity index (χ3v) is 4.71. The Balaban J connectivity index is 1.78. The van der Waals surface area contributed by atoms with E-state index in [1.807, 2.05) is 50.2 Å². The standard InChI is InChI=1S/C19H20Cl2N4O2S/c1-3-26-17-9-14(10-22-25-12(2)23-24-19(25)28)8-16(21)18(17)27-11-13-5-4-6-15(20)7-13/h4-9,22H,3,10-11H2,1-2H3,(H,24,28). The van der Waals surface area contributed by atoms with Gasteiger partial charge in [0.05, 0.1) is 18.2 Å². The molecule has 2 aromatic carbocycles. The number of aromatic amines is 1. The smallest absolute Gasteiger partial charge is 0.214 e. The van der Waals surface area contributed by atoms with Gasteiger partial charge in [-0.15, -0.1) is 0 Å². The number of aryl methyl sites for hydroxylation is 1. The first-order valence-corrected chi connectivity index (χ1v) is 9.84. The van der Waals surface area contributed by atoms with Crippen LogP contribution in [0, 0.1) is 11.7 Å². The number of ether oxygens (including phenoxy) is 2.